The van der Waals surface area contributed by atoms with Crippen LogP contribution in [-0.4, -0.2) is 42.6 Å². The van der Waals surface area contributed by atoms with Gasteiger partial charge >= 0.3 is 6.18 Å². The smallest absolute Gasteiger partial charge is 0.372 e. The number of hydrogen-bond acceptors (Lipinski definition) is 5. The Morgan fingerprint density at radius 1 is 1.35 bits per heavy atom. The minimum absolute atomic E-state index is 0.00941. The number of hydrogen-bond donors (Lipinski definition) is 0. The van der Waals surface area contributed by atoms with Gasteiger partial charge in [-0.15, -0.1) is 10.2 Å². The standard InChI is InChI=1S/C9H13ClF3N3O3S/c1-2-4-16-7(3-5-19-6-9(11,12)13)14-15-8(16)20(10,17)18/h2-6H2,1H3. The van der Waals surface area contributed by atoms with Gasteiger partial charge in [0, 0.05) is 23.6 Å². The van der Waals surface area contributed by atoms with Gasteiger partial charge in [-0.25, -0.2) is 8.42 Å². The second-order valence-electron chi connectivity index (χ2n) is 3.91. The first-order valence-corrected chi connectivity index (χ1v) is 7.97. The molecule has 0 bridgehead atoms. The van der Waals surface area contributed by atoms with Crippen LogP contribution in [0.25, 0.3) is 0 Å². The first-order valence-electron chi connectivity index (χ1n) is 5.66. The van der Waals surface area contributed by atoms with Gasteiger partial charge < -0.3 is 9.30 Å². The van der Waals surface area contributed by atoms with Crippen LogP contribution in [-0.2, 0) is 26.8 Å². The molecule has 116 valence electrons. The van der Waals surface area contributed by atoms with Gasteiger partial charge in [-0.1, -0.05) is 6.92 Å². The molecule has 0 aromatic carbocycles. The summed E-state index contributed by atoms with van der Waals surface area (Å²) in [7, 11) is 1.15. The number of rotatable bonds is 7. The van der Waals surface area contributed by atoms with Crippen molar-refractivity contribution in [2.24, 2.45) is 0 Å². The highest BCUT2D eigenvalue weighted by atomic mass is 35.7. The largest absolute Gasteiger partial charge is 0.411 e. The van der Waals surface area contributed by atoms with Crippen molar-refractivity contribution in [3.8, 4) is 0 Å². The Labute approximate surface area is 118 Å². The summed E-state index contributed by atoms with van der Waals surface area (Å²) < 4.78 is 63.9. The van der Waals surface area contributed by atoms with E-state index < -0.39 is 27.0 Å². The van der Waals surface area contributed by atoms with Gasteiger partial charge in [-0.05, 0) is 6.42 Å². The molecule has 0 aliphatic heterocycles. The molecule has 0 fully saturated rings. The maximum absolute atomic E-state index is 11.9. The van der Waals surface area contributed by atoms with Crippen LogP contribution < -0.4 is 0 Å². The number of ether oxygens (including phenoxy) is 1. The zero-order chi connectivity index (χ0) is 15.4. The highest BCUT2D eigenvalue weighted by Crippen LogP contribution is 2.16. The van der Waals surface area contributed by atoms with Gasteiger partial charge in [0.1, 0.15) is 12.4 Å². The van der Waals surface area contributed by atoms with E-state index in [4.69, 9.17) is 10.7 Å². The van der Waals surface area contributed by atoms with E-state index in [2.05, 4.69) is 14.9 Å². The Morgan fingerprint density at radius 3 is 2.50 bits per heavy atom. The van der Waals surface area contributed by atoms with E-state index in [1.54, 1.807) is 6.92 Å². The van der Waals surface area contributed by atoms with Crippen molar-refractivity contribution < 1.29 is 26.3 Å². The molecule has 0 unspecified atom stereocenters. The van der Waals surface area contributed by atoms with Gasteiger partial charge in [-0.2, -0.15) is 13.2 Å². The molecule has 0 aliphatic rings. The summed E-state index contributed by atoms with van der Waals surface area (Å²) >= 11 is 0. The molecule has 0 N–H and O–H groups in total. The Kier molecular flexibility index (Phi) is 5.78. The Morgan fingerprint density at radius 2 is 2.00 bits per heavy atom. The monoisotopic (exact) mass is 335 g/mol. The highest BCUT2D eigenvalue weighted by molar-refractivity contribution is 8.13. The van der Waals surface area contributed by atoms with Crippen molar-refractivity contribution in [3.05, 3.63) is 5.82 Å². The van der Waals surface area contributed by atoms with E-state index in [9.17, 15) is 21.6 Å². The van der Waals surface area contributed by atoms with Crippen molar-refractivity contribution in [2.75, 3.05) is 13.2 Å². The van der Waals surface area contributed by atoms with E-state index >= 15 is 0 Å². The summed E-state index contributed by atoms with van der Waals surface area (Å²) in [4.78, 5) is 0. The van der Waals surface area contributed by atoms with Crippen LogP contribution in [0, 0.1) is 0 Å². The molecule has 0 saturated heterocycles. The Hall–Kier alpha value is -0.870. The summed E-state index contributed by atoms with van der Waals surface area (Å²) in [5.74, 6) is 0.216. The van der Waals surface area contributed by atoms with Crippen LogP contribution >= 0.6 is 10.7 Å². The van der Waals surface area contributed by atoms with Crippen LogP contribution in [0.15, 0.2) is 5.16 Å². The topological polar surface area (TPSA) is 74.1 Å². The fraction of sp³-hybridized carbons (Fsp3) is 0.778. The number of aromatic nitrogens is 3. The molecule has 1 heterocycles. The second-order valence-corrected chi connectivity index (χ2v) is 6.37. The minimum atomic E-state index is -4.40. The van der Waals surface area contributed by atoms with Crippen molar-refractivity contribution in [2.45, 2.75) is 37.6 Å². The molecule has 1 rings (SSSR count). The van der Waals surface area contributed by atoms with E-state index in [0.717, 1.165) is 0 Å². The van der Waals surface area contributed by atoms with E-state index in [1.165, 1.54) is 4.57 Å². The highest BCUT2D eigenvalue weighted by Gasteiger charge is 2.27. The summed E-state index contributed by atoms with van der Waals surface area (Å²) in [6, 6.07) is 0. The van der Waals surface area contributed by atoms with Crippen LogP contribution in [0.5, 0.6) is 0 Å². The molecule has 0 aliphatic carbocycles. The molecule has 0 saturated carbocycles. The predicted octanol–water partition coefficient (Wildman–Crippen LogP) is 1.74. The van der Waals surface area contributed by atoms with E-state index in [0.29, 0.717) is 13.0 Å². The van der Waals surface area contributed by atoms with Gasteiger partial charge in [0.05, 0.1) is 6.61 Å². The molecular formula is C9H13ClF3N3O3S. The lowest BCUT2D eigenvalue weighted by atomic mass is 10.4. The number of halogens is 4. The molecule has 0 amide bonds. The lowest BCUT2D eigenvalue weighted by Crippen LogP contribution is -2.19. The molecule has 20 heavy (non-hydrogen) atoms. The van der Waals surface area contributed by atoms with Crippen LogP contribution in [0.2, 0.25) is 0 Å². The van der Waals surface area contributed by atoms with Crippen molar-refractivity contribution in [1.29, 1.82) is 0 Å². The van der Waals surface area contributed by atoms with Crippen molar-refractivity contribution >= 4 is 19.7 Å². The summed E-state index contributed by atoms with van der Waals surface area (Å²) in [5.41, 5.74) is 0. The fourth-order valence-electron chi connectivity index (χ4n) is 1.48. The first-order chi connectivity index (χ1) is 9.15. The molecule has 11 heteroatoms. The van der Waals surface area contributed by atoms with E-state index in [1.807, 2.05) is 0 Å². The first kappa shape index (κ1) is 17.2. The normalized spacial score (nSPS) is 12.8. The third-order valence-corrected chi connectivity index (χ3v) is 3.35. The zero-order valence-corrected chi connectivity index (χ0v) is 12.1. The third kappa shape index (κ3) is 5.25. The lowest BCUT2D eigenvalue weighted by molar-refractivity contribution is -0.173. The van der Waals surface area contributed by atoms with Crippen molar-refractivity contribution in [1.82, 2.24) is 14.8 Å². The average Bonchev–Trinajstić information content (AvgIpc) is 2.67. The zero-order valence-electron chi connectivity index (χ0n) is 10.5. The molecule has 1 aromatic rings. The predicted molar refractivity (Wildman–Crippen MR) is 63.9 cm³/mol. The van der Waals surface area contributed by atoms with Gasteiger partial charge in [0.25, 0.3) is 14.2 Å². The van der Waals surface area contributed by atoms with E-state index in [-0.39, 0.29) is 18.9 Å². The van der Waals surface area contributed by atoms with Crippen LogP contribution in [0.1, 0.15) is 19.2 Å². The molecule has 0 atom stereocenters. The average molecular weight is 336 g/mol. The quantitative estimate of drug-likeness (QED) is 0.560. The summed E-state index contributed by atoms with van der Waals surface area (Å²) in [6.45, 7) is 0.483. The van der Waals surface area contributed by atoms with Crippen molar-refractivity contribution in [3.63, 3.8) is 0 Å². The second kappa shape index (κ2) is 6.72. The maximum atomic E-state index is 11.9. The number of nitrogens with zero attached hydrogens (tertiary/aromatic N) is 3. The van der Waals surface area contributed by atoms with Crippen LogP contribution in [0.4, 0.5) is 13.2 Å². The molecule has 0 spiro atoms. The van der Waals surface area contributed by atoms with Gasteiger partial charge in [0.2, 0.25) is 0 Å². The molecular weight excluding hydrogens is 323 g/mol. The van der Waals surface area contributed by atoms with Gasteiger partial charge in [0.15, 0.2) is 0 Å². The number of alkyl halides is 3. The fourth-order valence-corrected chi connectivity index (χ4v) is 2.42. The Balaban J connectivity index is 2.73. The third-order valence-electron chi connectivity index (χ3n) is 2.19. The van der Waals surface area contributed by atoms with Gasteiger partial charge in [-0.3, -0.25) is 0 Å². The molecule has 0 radical (unpaired) electrons. The maximum Gasteiger partial charge on any atom is 0.411 e. The lowest BCUT2D eigenvalue weighted by Gasteiger charge is -2.09. The Bertz CT molecular complexity index is 544. The SMILES string of the molecule is CCCn1c(CCOCC(F)(F)F)nnc1S(=O)(=O)Cl. The summed E-state index contributed by atoms with van der Waals surface area (Å²) in [6.07, 6.45) is -3.80. The molecule has 6 nitrogen and oxygen atoms in total. The minimum Gasteiger partial charge on any atom is -0.372 e. The molecule has 1 aromatic heterocycles. The summed E-state index contributed by atoms with van der Waals surface area (Å²) in [5, 5.41) is 6.66. The van der Waals surface area contributed by atoms with Crippen LogP contribution in [0.3, 0.4) is 0 Å².